The summed E-state index contributed by atoms with van der Waals surface area (Å²) >= 11 is 0. The lowest BCUT2D eigenvalue weighted by atomic mass is 10.0. The van der Waals surface area contributed by atoms with Crippen LogP contribution in [0.4, 0.5) is 0 Å². The molecule has 29 heavy (non-hydrogen) atoms. The third-order valence-electron chi connectivity index (χ3n) is 5.32. The van der Waals surface area contributed by atoms with Gasteiger partial charge in [-0.1, -0.05) is 42.5 Å². The van der Waals surface area contributed by atoms with Crippen LogP contribution < -0.4 is 10.1 Å². The van der Waals surface area contributed by atoms with Crippen LogP contribution in [-0.2, 0) is 6.42 Å². The minimum Gasteiger partial charge on any atom is -0.493 e. The number of nitrogens with zero attached hydrogens (tertiary/aromatic N) is 1. The zero-order valence-corrected chi connectivity index (χ0v) is 17.1. The molecule has 150 valence electrons. The zero-order valence-electron chi connectivity index (χ0n) is 17.1. The molecule has 0 aliphatic carbocycles. The van der Waals surface area contributed by atoms with Crippen LogP contribution in [-0.4, -0.2) is 17.6 Å². The number of aryl methyl sites for hydroxylation is 1. The summed E-state index contributed by atoms with van der Waals surface area (Å²) in [5.74, 6) is 2.40. The monoisotopic (exact) mass is 388 g/mol. The molecule has 0 amide bonds. The molecule has 0 saturated carbocycles. The van der Waals surface area contributed by atoms with Crippen LogP contribution in [0.1, 0.15) is 42.8 Å². The number of hydrogen-bond donors (Lipinski definition) is 1. The minimum absolute atomic E-state index is 0.368. The Morgan fingerprint density at radius 1 is 1.03 bits per heavy atom. The van der Waals surface area contributed by atoms with E-state index in [4.69, 9.17) is 9.15 Å². The van der Waals surface area contributed by atoms with Gasteiger partial charge in [0, 0.05) is 24.1 Å². The maximum absolute atomic E-state index is 5.95. The van der Waals surface area contributed by atoms with Gasteiger partial charge in [-0.25, -0.2) is 4.98 Å². The molecule has 4 heteroatoms. The molecule has 3 aromatic rings. The van der Waals surface area contributed by atoms with Crippen LogP contribution >= 0.6 is 0 Å². The van der Waals surface area contributed by atoms with Crippen molar-refractivity contribution in [3.8, 4) is 17.2 Å². The number of nitrogens with one attached hydrogen (secondary N) is 1. The molecule has 1 aliphatic heterocycles. The van der Waals surface area contributed by atoms with Crippen molar-refractivity contribution >= 4 is 0 Å². The average molecular weight is 389 g/mol. The fourth-order valence-corrected chi connectivity index (χ4v) is 3.67. The summed E-state index contributed by atoms with van der Waals surface area (Å²) in [6.45, 7) is 4.76. The highest BCUT2D eigenvalue weighted by molar-refractivity contribution is 5.53. The van der Waals surface area contributed by atoms with Crippen LogP contribution in [0.5, 0.6) is 5.75 Å². The molecule has 0 radical (unpaired) electrons. The van der Waals surface area contributed by atoms with Gasteiger partial charge < -0.3 is 14.5 Å². The molecule has 4 nitrogen and oxygen atoms in total. The van der Waals surface area contributed by atoms with E-state index in [9.17, 15) is 0 Å². The Kier molecular flexibility index (Phi) is 6.11. The smallest absolute Gasteiger partial charge is 0.226 e. The number of benzene rings is 2. The highest BCUT2D eigenvalue weighted by Crippen LogP contribution is 2.24. The number of hydrogen-bond acceptors (Lipinski definition) is 4. The van der Waals surface area contributed by atoms with Crippen LogP contribution in [0.3, 0.4) is 0 Å². The number of rotatable bonds is 6. The Bertz CT molecular complexity index is 945. The molecule has 0 unspecified atom stereocenters. The van der Waals surface area contributed by atoms with E-state index in [1.54, 1.807) is 0 Å². The molecule has 2 atom stereocenters. The lowest BCUT2D eigenvalue weighted by Crippen LogP contribution is -2.28. The van der Waals surface area contributed by atoms with Gasteiger partial charge in [0.15, 0.2) is 0 Å². The van der Waals surface area contributed by atoms with Gasteiger partial charge in [0.2, 0.25) is 5.89 Å². The highest BCUT2D eigenvalue weighted by atomic mass is 16.5. The minimum atomic E-state index is 0.368. The van der Waals surface area contributed by atoms with Crippen LogP contribution in [0.2, 0.25) is 0 Å². The Morgan fingerprint density at radius 2 is 1.79 bits per heavy atom. The van der Waals surface area contributed by atoms with Crippen molar-refractivity contribution in [1.82, 2.24) is 10.3 Å². The molecule has 1 aromatic heterocycles. The molecule has 1 aliphatic rings. The van der Waals surface area contributed by atoms with Gasteiger partial charge in [-0.2, -0.15) is 0 Å². The SMILES string of the molecule is Cc1oc(-c2ccccc2)nc1CCOc1ccc([C@@H]2CC=CC[C@@H](C)N2)cc1. The van der Waals surface area contributed by atoms with Crippen molar-refractivity contribution in [1.29, 1.82) is 0 Å². The summed E-state index contributed by atoms with van der Waals surface area (Å²) < 4.78 is 11.8. The average Bonchev–Trinajstić information content (AvgIpc) is 2.97. The lowest BCUT2D eigenvalue weighted by molar-refractivity contribution is 0.319. The van der Waals surface area contributed by atoms with E-state index in [-0.39, 0.29) is 0 Å². The molecule has 0 spiro atoms. The van der Waals surface area contributed by atoms with Gasteiger partial charge in [-0.3, -0.25) is 0 Å². The summed E-state index contributed by atoms with van der Waals surface area (Å²) in [5.41, 5.74) is 3.24. The summed E-state index contributed by atoms with van der Waals surface area (Å²) in [6, 6.07) is 19.3. The first-order chi connectivity index (χ1) is 14.2. The Balaban J connectivity index is 1.33. The number of oxazole rings is 1. The second-order valence-corrected chi connectivity index (χ2v) is 7.62. The van der Waals surface area contributed by atoms with Crippen LogP contribution in [0.25, 0.3) is 11.5 Å². The summed E-state index contributed by atoms with van der Waals surface area (Å²) in [5, 5.41) is 3.68. The second kappa shape index (κ2) is 9.10. The highest BCUT2D eigenvalue weighted by Gasteiger charge is 2.15. The Hall–Kier alpha value is -2.85. The first-order valence-electron chi connectivity index (χ1n) is 10.3. The predicted molar refractivity (Wildman–Crippen MR) is 116 cm³/mol. The van der Waals surface area contributed by atoms with Crippen LogP contribution in [0.15, 0.2) is 71.2 Å². The van der Waals surface area contributed by atoms with Gasteiger partial charge in [0.1, 0.15) is 11.5 Å². The molecule has 2 aromatic carbocycles. The number of ether oxygens (including phenoxy) is 1. The van der Waals surface area contributed by atoms with Crippen molar-refractivity contribution < 1.29 is 9.15 Å². The third-order valence-corrected chi connectivity index (χ3v) is 5.32. The molecular formula is C25H28N2O2. The zero-order chi connectivity index (χ0) is 20.1. The first-order valence-corrected chi connectivity index (χ1v) is 10.3. The standard InChI is InChI=1S/C25H28N2O2/c1-18-8-6-7-11-24(26-18)20-12-14-22(15-13-20)28-17-16-23-19(2)29-25(27-23)21-9-4-3-5-10-21/h3-7,9-10,12-15,18,24,26H,8,11,16-17H2,1-2H3/t18-,24+/m1/s1. The van der Waals surface area contributed by atoms with E-state index >= 15 is 0 Å². The fraction of sp³-hybridized carbons (Fsp3) is 0.320. The first kappa shape index (κ1) is 19.5. The van der Waals surface area contributed by atoms with E-state index in [1.807, 2.05) is 37.3 Å². The van der Waals surface area contributed by atoms with E-state index < -0.39 is 0 Å². The quantitative estimate of drug-likeness (QED) is 0.555. The van der Waals surface area contributed by atoms with Gasteiger partial charge >= 0.3 is 0 Å². The maximum Gasteiger partial charge on any atom is 0.226 e. The molecule has 0 bridgehead atoms. The van der Waals surface area contributed by atoms with Crippen molar-refractivity contribution in [2.45, 2.75) is 45.2 Å². The third kappa shape index (κ3) is 4.96. The molecule has 0 saturated heterocycles. The topological polar surface area (TPSA) is 47.3 Å². The van der Waals surface area contributed by atoms with Crippen LogP contribution in [0, 0.1) is 6.92 Å². The molecule has 2 heterocycles. The summed E-state index contributed by atoms with van der Waals surface area (Å²) in [4.78, 5) is 4.64. The van der Waals surface area contributed by atoms with Crippen molar-refractivity contribution in [2.24, 2.45) is 0 Å². The van der Waals surface area contributed by atoms with E-state index in [0.717, 1.165) is 42.0 Å². The van der Waals surface area contributed by atoms with E-state index in [0.29, 0.717) is 24.6 Å². The molecule has 1 N–H and O–H groups in total. The van der Waals surface area contributed by atoms with Gasteiger partial charge in [-0.05, 0) is 56.5 Å². The van der Waals surface area contributed by atoms with Crippen molar-refractivity contribution in [3.05, 3.63) is 83.8 Å². The van der Waals surface area contributed by atoms with E-state index in [2.05, 4.69) is 53.6 Å². The Labute approximate surface area is 172 Å². The van der Waals surface area contributed by atoms with Gasteiger partial charge in [0.05, 0.1) is 12.3 Å². The molecule has 4 rings (SSSR count). The maximum atomic E-state index is 5.95. The largest absolute Gasteiger partial charge is 0.493 e. The molecule has 0 fully saturated rings. The van der Waals surface area contributed by atoms with Gasteiger partial charge in [0.25, 0.3) is 0 Å². The fourth-order valence-electron chi connectivity index (χ4n) is 3.67. The predicted octanol–water partition coefficient (Wildman–Crippen LogP) is 5.64. The lowest BCUT2D eigenvalue weighted by Gasteiger charge is -2.20. The normalized spacial score (nSPS) is 19.1. The Morgan fingerprint density at radius 3 is 2.59 bits per heavy atom. The summed E-state index contributed by atoms with van der Waals surface area (Å²) in [7, 11) is 0. The van der Waals surface area contributed by atoms with Crippen molar-refractivity contribution in [2.75, 3.05) is 6.61 Å². The van der Waals surface area contributed by atoms with Crippen molar-refractivity contribution in [3.63, 3.8) is 0 Å². The molecular weight excluding hydrogens is 360 g/mol. The van der Waals surface area contributed by atoms with E-state index in [1.165, 1.54) is 5.56 Å². The second-order valence-electron chi connectivity index (χ2n) is 7.62. The van der Waals surface area contributed by atoms with Gasteiger partial charge in [-0.15, -0.1) is 0 Å². The summed E-state index contributed by atoms with van der Waals surface area (Å²) in [6.07, 6.45) is 7.38. The number of aromatic nitrogens is 1.